The van der Waals surface area contributed by atoms with Gasteiger partial charge >= 0.3 is 0 Å². The fraction of sp³-hybridized carbons (Fsp3) is 0.273. The van der Waals surface area contributed by atoms with Crippen LogP contribution < -0.4 is 5.32 Å². The molecule has 0 bridgehead atoms. The van der Waals surface area contributed by atoms with Crippen molar-refractivity contribution >= 4 is 28.3 Å². The highest BCUT2D eigenvalue weighted by Gasteiger charge is 2.11. The Morgan fingerprint density at radius 3 is 2.75 bits per heavy atom. The van der Waals surface area contributed by atoms with Crippen molar-refractivity contribution < 1.29 is 4.39 Å². The zero-order valence-electron chi connectivity index (χ0n) is 8.96. The predicted molar refractivity (Wildman–Crippen MR) is 63.3 cm³/mol. The maximum absolute atomic E-state index is 13.7. The predicted octanol–water partition coefficient (Wildman–Crippen LogP) is 3.24. The number of fused-ring (bicyclic) bond motifs is 1. The first kappa shape index (κ1) is 11.1. The molecule has 0 unspecified atom stereocenters. The van der Waals surface area contributed by atoms with Crippen LogP contribution in [0.25, 0.3) is 10.9 Å². The van der Waals surface area contributed by atoms with Crippen LogP contribution in [0.4, 0.5) is 10.2 Å². The van der Waals surface area contributed by atoms with Gasteiger partial charge < -0.3 is 5.32 Å². The van der Waals surface area contributed by atoms with Gasteiger partial charge in [-0.1, -0.05) is 6.07 Å². The number of nitrogens with one attached hydrogen (secondary N) is 1. The van der Waals surface area contributed by atoms with Crippen molar-refractivity contribution in [1.82, 2.24) is 9.97 Å². The summed E-state index contributed by atoms with van der Waals surface area (Å²) in [7, 11) is 0. The van der Waals surface area contributed by atoms with Gasteiger partial charge in [-0.25, -0.2) is 14.4 Å². The largest absolute Gasteiger partial charge is 0.367 e. The molecule has 0 saturated carbocycles. The molecule has 0 fully saturated rings. The second-order valence-corrected chi connectivity index (χ2v) is 4.11. The summed E-state index contributed by atoms with van der Waals surface area (Å²) < 4.78 is 13.7. The van der Waals surface area contributed by atoms with Gasteiger partial charge in [0.15, 0.2) is 0 Å². The molecule has 16 heavy (non-hydrogen) atoms. The summed E-state index contributed by atoms with van der Waals surface area (Å²) in [5.41, 5.74) is 0.503. The number of hydrogen-bond acceptors (Lipinski definition) is 3. The van der Waals surface area contributed by atoms with E-state index in [9.17, 15) is 4.39 Å². The Bertz CT molecular complexity index is 528. The molecule has 0 spiro atoms. The highest BCUT2D eigenvalue weighted by Crippen LogP contribution is 2.25. The highest BCUT2D eigenvalue weighted by atomic mass is 35.5. The van der Waals surface area contributed by atoms with Gasteiger partial charge in [0.2, 0.25) is 5.28 Å². The van der Waals surface area contributed by atoms with Crippen molar-refractivity contribution in [2.45, 2.75) is 19.9 Å². The lowest BCUT2D eigenvalue weighted by atomic mass is 10.2. The number of hydrogen-bond donors (Lipinski definition) is 1. The maximum atomic E-state index is 13.7. The van der Waals surface area contributed by atoms with Gasteiger partial charge in [-0.15, -0.1) is 0 Å². The molecule has 3 nitrogen and oxygen atoms in total. The van der Waals surface area contributed by atoms with Crippen LogP contribution in [0, 0.1) is 5.82 Å². The molecule has 0 aliphatic rings. The summed E-state index contributed by atoms with van der Waals surface area (Å²) in [6.45, 7) is 3.89. The Kier molecular flexibility index (Phi) is 2.92. The van der Waals surface area contributed by atoms with Gasteiger partial charge in [0.1, 0.15) is 11.6 Å². The monoisotopic (exact) mass is 239 g/mol. The number of aromatic nitrogens is 2. The van der Waals surface area contributed by atoms with E-state index in [0.717, 1.165) is 0 Å². The third-order valence-corrected chi connectivity index (χ3v) is 2.24. The SMILES string of the molecule is CC(C)Nc1nc(Cl)nc2cccc(F)c12. The van der Waals surface area contributed by atoms with E-state index >= 15 is 0 Å². The molecule has 1 N–H and O–H groups in total. The molecule has 2 aromatic rings. The van der Waals surface area contributed by atoms with Crippen LogP contribution in [0.3, 0.4) is 0 Å². The van der Waals surface area contributed by atoms with E-state index < -0.39 is 0 Å². The van der Waals surface area contributed by atoms with Crippen LogP contribution in [0.15, 0.2) is 18.2 Å². The van der Waals surface area contributed by atoms with E-state index in [-0.39, 0.29) is 17.1 Å². The molecule has 0 amide bonds. The average molecular weight is 240 g/mol. The number of halogens is 2. The van der Waals surface area contributed by atoms with E-state index in [1.165, 1.54) is 6.07 Å². The van der Waals surface area contributed by atoms with Crippen LogP contribution in [-0.2, 0) is 0 Å². The number of rotatable bonds is 2. The summed E-state index contributed by atoms with van der Waals surface area (Å²) in [6.07, 6.45) is 0. The van der Waals surface area contributed by atoms with Crippen LogP contribution in [0.2, 0.25) is 5.28 Å². The van der Waals surface area contributed by atoms with Crippen molar-refractivity contribution in [1.29, 1.82) is 0 Å². The zero-order chi connectivity index (χ0) is 11.7. The Morgan fingerprint density at radius 2 is 2.06 bits per heavy atom. The van der Waals surface area contributed by atoms with E-state index in [1.54, 1.807) is 12.1 Å². The summed E-state index contributed by atoms with van der Waals surface area (Å²) in [6, 6.07) is 4.83. The normalized spacial score (nSPS) is 11.1. The molecule has 2 rings (SSSR count). The van der Waals surface area contributed by atoms with Crippen LogP contribution in [-0.4, -0.2) is 16.0 Å². The Hall–Kier alpha value is -1.42. The molecule has 0 saturated heterocycles. The maximum Gasteiger partial charge on any atom is 0.224 e. The molecule has 0 aliphatic carbocycles. The molecule has 1 aromatic heterocycles. The van der Waals surface area contributed by atoms with Crippen LogP contribution in [0.5, 0.6) is 0 Å². The minimum Gasteiger partial charge on any atom is -0.367 e. The molecule has 1 aromatic carbocycles. The Morgan fingerprint density at radius 1 is 1.31 bits per heavy atom. The van der Waals surface area contributed by atoms with E-state index in [1.807, 2.05) is 13.8 Å². The number of benzene rings is 1. The van der Waals surface area contributed by atoms with Crippen molar-refractivity contribution in [3.8, 4) is 0 Å². The van der Waals surface area contributed by atoms with Gasteiger partial charge in [-0.2, -0.15) is 0 Å². The van der Waals surface area contributed by atoms with Crippen LogP contribution in [0.1, 0.15) is 13.8 Å². The van der Waals surface area contributed by atoms with E-state index in [0.29, 0.717) is 16.7 Å². The summed E-state index contributed by atoms with van der Waals surface area (Å²) in [5.74, 6) is 0.0837. The number of nitrogens with zero attached hydrogens (tertiary/aromatic N) is 2. The van der Waals surface area contributed by atoms with Crippen molar-refractivity contribution in [2.75, 3.05) is 5.32 Å². The summed E-state index contributed by atoms with van der Waals surface area (Å²) >= 11 is 5.77. The van der Waals surface area contributed by atoms with Crippen LogP contribution >= 0.6 is 11.6 Å². The third kappa shape index (κ3) is 2.07. The Labute approximate surface area is 97.7 Å². The highest BCUT2D eigenvalue weighted by molar-refractivity contribution is 6.28. The summed E-state index contributed by atoms with van der Waals surface area (Å²) in [4.78, 5) is 7.98. The Balaban J connectivity index is 2.70. The first-order chi connectivity index (χ1) is 7.58. The minimum absolute atomic E-state index is 0.112. The lowest BCUT2D eigenvalue weighted by molar-refractivity contribution is 0.639. The molecule has 84 valence electrons. The second-order valence-electron chi connectivity index (χ2n) is 3.77. The molecule has 1 heterocycles. The standard InChI is InChI=1S/C11H11ClFN3/c1-6(2)14-10-9-7(13)4-3-5-8(9)15-11(12)16-10/h3-6H,1-2H3,(H,14,15,16). The molecular weight excluding hydrogens is 229 g/mol. The van der Waals surface area contributed by atoms with Crippen molar-refractivity contribution in [3.63, 3.8) is 0 Å². The second kappa shape index (κ2) is 4.22. The first-order valence-electron chi connectivity index (χ1n) is 4.96. The average Bonchev–Trinajstić information content (AvgIpc) is 2.15. The lowest BCUT2D eigenvalue weighted by Gasteiger charge is -2.11. The fourth-order valence-electron chi connectivity index (χ4n) is 1.49. The van der Waals surface area contributed by atoms with Crippen molar-refractivity contribution in [2.24, 2.45) is 0 Å². The quantitative estimate of drug-likeness (QED) is 0.818. The van der Waals surface area contributed by atoms with Gasteiger partial charge in [-0.05, 0) is 37.6 Å². The van der Waals surface area contributed by atoms with Gasteiger partial charge in [0.25, 0.3) is 0 Å². The minimum atomic E-state index is -0.350. The van der Waals surface area contributed by atoms with E-state index in [4.69, 9.17) is 11.6 Å². The molecule has 0 radical (unpaired) electrons. The fourth-order valence-corrected chi connectivity index (χ4v) is 1.67. The van der Waals surface area contributed by atoms with Gasteiger partial charge in [0.05, 0.1) is 10.9 Å². The molecule has 0 atom stereocenters. The first-order valence-corrected chi connectivity index (χ1v) is 5.34. The van der Waals surface area contributed by atoms with Gasteiger partial charge in [0, 0.05) is 6.04 Å². The zero-order valence-corrected chi connectivity index (χ0v) is 9.72. The molecular formula is C11H11ClFN3. The topological polar surface area (TPSA) is 37.8 Å². The van der Waals surface area contributed by atoms with Crippen molar-refractivity contribution in [3.05, 3.63) is 29.3 Å². The summed E-state index contributed by atoms with van der Waals surface area (Å²) in [5, 5.41) is 3.54. The van der Waals surface area contributed by atoms with E-state index in [2.05, 4.69) is 15.3 Å². The smallest absolute Gasteiger partial charge is 0.224 e. The lowest BCUT2D eigenvalue weighted by Crippen LogP contribution is -2.12. The molecule has 0 aliphatic heterocycles. The number of anilines is 1. The molecule has 5 heteroatoms. The van der Waals surface area contributed by atoms with Gasteiger partial charge in [-0.3, -0.25) is 0 Å². The third-order valence-electron chi connectivity index (χ3n) is 2.07.